The van der Waals surface area contributed by atoms with Gasteiger partial charge in [-0.3, -0.25) is 0 Å². The Morgan fingerprint density at radius 2 is 1.79 bits per heavy atom. The van der Waals surface area contributed by atoms with Crippen LogP contribution in [-0.4, -0.2) is 12.2 Å². The zero-order valence-corrected chi connectivity index (χ0v) is 7.84. The van der Waals surface area contributed by atoms with E-state index >= 15 is 0 Å². The van der Waals surface area contributed by atoms with Gasteiger partial charge in [-0.05, 0) is 6.08 Å². The second-order valence-electron chi connectivity index (χ2n) is 4.02. The van der Waals surface area contributed by atoms with Crippen LogP contribution in [0.25, 0.3) is 0 Å². The van der Waals surface area contributed by atoms with Crippen LogP contribution in [0, 0.1) is 11.8 Å². The predicted octanol–water partition coefficient (Wildman–Crippen LogP) is 1.52. The fourth-order valence-electron chi connectivity index (χ4n) is 2.44. The van der Waals surface area contributed by atoms with Crippen LogP contribution in [-0.2, 0) is 4.74 Å². The molecule has 0 amide bonds. The minimum Gasteiger partial charge on any atom is -0.399 e. The molecule has 1 aliphatic heterocycles. The van der Waals surface area contributed by atoms with Gasteiger partial charge in [0, 0.05) is 17.5 Å². The molecule has 0 aromatic carbocycles. The first-order valence-electron chi connectivity index (χ1n) is 5.00. The summed E-state index contributed by atoms with van der Waals surface area (Å²) < 4.78 is 5.89. The third-order valence-electron chi connectivity index (χ3n) is 3.13. The van der Waals surface area contributed by atoms with Crippen molar-refractivity contribution < 1.29 is 4.74 Å². The Kier molecular flexibility index (Phi) is 1.64. The Labute approximate surface area is 83.4 Å². The monoisotopic (exact) mass is 187 g/mol. The number of hydrogen-bond acceptors (Lipinski definition) is 2. The molecule has 4 atom stereocenters. The van der Waals surface area contributed by atoms with Crippen LogP contribution >= 0.6 is 0 Å². The molecule has 0 aromatic heterocycles. The highest BCUT2D eigenvalue weighted by Gasteiger charge is 2.41. The largest absolute Gasteiger partial charge is 0.399 e. The average molecular weight is 187 g/mol. The van der Waals surface area contributed by atoms with Gasteiger partial charge >= 0.3 is 0 Å². The zero-order valence-electron chi connectivity index (χ0n) is 7.84. The predicted molar refractivity (Wildman–Crippen MR) is 55.3 cm³/mol. The molecule has 2 N–H and O–H groups in total. The van der Waals surface area contributed by atoms with E-state index in [0.717, 1.165) is 5.70 Å². The van der Waals surface area contributed by atoms with E-state index in [1.165, 1.54) is 0 Å². The van der Waals surface area contributed by atoms with Crippen molar-refractivity contribution in [3.05, 3.63) is 48.2 Å². The van der Waals surface area contributed by atoms with Gasteiger partial charge in [-0.25, -0.2) is 0 Å². The molecule has 3 rings (SSSR count). The topological polar surface area (TPSA) is 35.2 Å². The fourth-order valence-corrected chi connectivity index (χ4v) is 2.44. The van der Waals surface area contributed by atoms with E-state index in [1.807, 2.05) is 6.08 Å². The molecule has 2 aliphatic carbocycles. The van der Waals surface area contributed by atoms with Crippen LogP contribution in [0.3, 0.4) is 0 Å². The van der Waals surface area contributed by atoms with E-state index in [2.05, 4.69) is 36.5 Å². The third kappa shape index (κ3) is 1.07. The van der Waals surface area contributed by atoms with Gasteiger partial charge in [0.15, 0.2) is 0 Å². The lowest BCUT2D eigenvalue weighted by molar-refractivity contribution is 0.0882. The maximum Gasteiger partial charge on any atom is 0.0838 e. The van der Waals surface area contributed by atoms with E-state index in [1.54, 1.807) is 0 Å². The highest BCUT2D eigenvalue weighted by molar-refractivity contribution is 5.30. The number of fused-ring (bicyclic) bond motifs is 3. The number of nitrogens with two attached hydrogens (primary N) is 1. The molecule has 14 heavy (non-hydrogen) atoms. The van der Waals surface area contributed by atoms with Gasteiger partial charge in [-0.2, -0.15) is 0 Å². The van der Waals surface area contributed by atoms with Crippen LogP contribution < -0.4 is 5.73 Å². The molecule has 0 aromatic rings. The van der Waals surface area contributed by atoms with E-state index in [9.17, 15) is 0 Å². The van der Waals surface area contributed by atoms with Crippen molar-refractivity contribution in [1.82, 2.24) is 0 Å². The molecule has 4 unspecified atom stereocenters. The van der Waals surface area contributed by atoms with Crippen LogP contribution in [0.2, 0.25) is 0 Å². The summed E-state index contributed by atoms with van der Waals surface area (Å²) in [6.07, 6.45) is 15.1. The number of hydrogen-bond donors (Lipinski definition) is 1. The average Bonchev–Trinajstić information content (AvgIpc) is 2.56. The smallest absolute Gasteiger partial charge is 0.0838 e. The number of ether oxygens (including phenoxy) is 1. The minimum atomic E-state index is 0.213. The van der Waals surface area contributed by atoms with Crippen molar-refractivity contribution in [3.63, 3.8) is 0 Å². The summed E-state index contributed by atoms with van der Waals surface area (Å²) >= 11 is 0. The zero-order chi connectivity index (χ0) is 9.54. The van der Waals surface area contributed by atoms with E-state index in [0.29, 0.717) is 11.8 Å². The first kappa shape index (κ1) is 8.06. The molecule has 0 bridgehead atoms. The molecule has 0 spiro atoms. The second-order valence-corrected chi connectivity index (χ2v) is 4.02. The quantitative estimate of drug-likeness (QED) is 0.624. The normalized spacial score (nSPS) is 43.3. The first-order chi connectivity index (χ1) is 6.84. The molecule has 0 radical (unpaired) electrons. The first-order valence-corrected chi connectivity index (χ1v) is 5.00. The van der Waals surface area contributed by atoms with Crippen LogP contribution in [0.4, 0.5) is 0 Å². The Morgan fingerprint density at radius 3 is 2.71 bits per heavy atom. The van der Waals surface area contributed by atoms with E-state index in [4.69, 9.17) is 10.5 Å². The third-order valence-corrected chi connectivity index (χ3v) is 3.13. The van der Waals surface area contributed by atoms with Crippen molar-refractivity contribution >= 4 is 0 Å². The maximum atomic E-state index is 5.89. The molecule has 3 aliphatic rings. The summed E-state index contributed by atoms with van der Waals surface area (Å²) in [6.45, 7) is 0. The van der Waals surface area contributed by atoms with Crippen molar-refractivity contribution in [2.24, 2.45) is 17.6 Å². The van der Waals surface area contributed by atoms with Gasteiger partial charge < -0.3 is 10.5 Å². The van der Waals surface area contributed by atoms with Gasteiger partial charge in [0.25, 0.3) is 0 Å². The molecule has 2 nitrogen and oxygen atoms in total. The highest BCUT2D eigenvalue weighted by Crippen LogP contribution is 2.39. The molecule has 1 saturated heterocycles. The molecule has 2 heteroatoms. The maximum absolute atomic E-state index is 5.89. The van der Waals surface area contributed by atoms with Gasteiger partial charge in [-0.15, -0.1) is 0 Å². The van der Waals surface area contributed by atoms with Crippen molar-refractivity contribution in [3.8, 4) is 0 Å². The summed E-state index contributed by atoms with van der Waals surface area (Å²) in [5.41, 5.74) is 6.65. The van der Waals surface area contributed by atoms with Gasteiger partial charge in [0.1, 0.15) is 0 Å². The van der Waals surface area contributed by atoms with Crippen molar-refractivity contribution in [2.45, 2.75) is 12.2 Å². The fraction of sp³-hybridized carbons (Fsp3) is 0.333. The minimum absolute atomic E-state index is 0.213. The lowest BCUT2D eigenvalue weighted by Gasteiger charge is -2.19. The molecular weight excluding hydrogens is 174 g/mol. The molecule has 0 saturated carbocycles. The summed E-state index contributed by atoms with van der Waals surface area (Å²) in [5, 5.41) is 0. The van der Waals surface area contributed by atoms with Crippen LogP contribution in [0.15, 0.2) is 48.2 Å². The summed E-state index contributed by atoms with van der Waals surface area (Å²) in [4.78, 5) is 0. The van der Waals surface area contributed by atoms with Gasteiger partial charge in [0.05, 0.1) is 12.2 Å². The molecule has 1 fully saturated rings. The van der Waals surface area contributed by atoms with Crippen LogP contribution in [0.5, 0.6) is 0 Å². The van der Waals surface area contributed by atoms with E-state index < -0.39 is 0 Å². The van der Waals surface area contributed by atoms with Crippen LogP contribution in [0.1, 0.15) is 0 Å². The van der Waals surface area contributed by atoms with Gasteiger partial charge in [0.2, 0.25) is 0 Å². The Hall–Kier alpha value is -1.28. The van der Waals surface area contributed by atoms with E-state index in [-0.39, 0.29) is 12.2 Å². The molecule has 72 valence electrons. The lowest BCUT2D eigenvalue weighted by atomic mass is 9.82. The van der Waals surface area contributed by atoms with Crippen molar-refractivity contribution in [1.29, 1.82) is 0 Å². The summed E-state index contributed by atoms with van der Waals surface area (Å²) in [6, 6.07) is 0. The second kappa shape index (κ2) is 2.85. The Balaban J connectivity index is 1.95. The summed E-state index contributed by atoms with van der Waals surface area (Å²) in [5.74, 6) is 0.889. The Bertz CT molecular complexity index is 365. The molecule has 1 heterocycles. The number of rotatable bonds is 0. The number of allylic oxidation sites excluding steroid dienone is 3. The Morgan fingerprint density at radius 1 is 1.00 bits per heavy atom. The SMILES string of the molecule is NC1=CC2C(C=C1)OC1C=CC=CC12. The lowest BCUT2D eigenvalue weighted by Crippen LogP contribution is -2.21. The molecular formula is C12H13NO. The standard InChI is InChI=1S/C12H13NO/c13-8-5-6-12-10(7-8)9-3-1-2-4-11(9)14-12/h1-7,9-12H,13H2. The highest BCUT2D eigenvalue weighted by atomic mass is 16.5. The van der Waals surface area contributed by atoms with Gasteiger partial charge in [-0.1, -0.05) is 36.5 Å². The van der Waals surface area contributed by atoms with Crippen molar-refractivity contribution in [2.75, 3.05) is 0 Å². The summed E-state index contributed by atoms with van der Waals surface area (Å²) in [7, 11) is 0.